The Balaban J connectivity index is 1.34. The van der Waals surface area contributed by atoms with Gasteiger partial charge in [-0.25, -0.2) is 4.79 Å². The van der Waals surface area contributed by atoms with E-state index in [4.69, 9.17) is 9.26 Å². The molecular formula is C29H30N4O5. The Morgan fingerprint density at radius 2 is 1.95 bits per heavy atom. The normalized spacial score (nSPS) is 18.7. The van der Waals surface area contributed by atoms with Gasteiger partial charge in [0.05, 0.1) is 12.0 Å². The molecule has 5 rings (SSSR count). The Kier molecular flexibility index (Phi) is 7.05. The Hall–Kier alpha value is -4.32. The Morgan fingerprint density at radius 3 is 2.61 bits per heavy atom. The van der Waals surface area contributed by atoms with E-state index < -0.39 is 18.2 Å². The van der Waals surface area contributed by atoms with Crippen molar-refractivity contribution >= 4 is 23.6 Å². The van der Waals surface area contributed by atoms with E-state index in [2.05, 4.69) is 15.4 Å². The lowest BCUT2D eigenvalue weighted by Crippen LogP contribution is -2.46. The molecule has 1 aromatic heterocycles. The van der Waals surface area contributed by atoms with E-state index in [-0.39, 0.29) is 29.5 Å². The van der Waals surface area contributed by atoms with Gasteiger partial charge in [-0.3, -0.25) is 10.1 Å². The van der Waals surface area contributed by atoms with Crippen LogP contribution in [-0.4, -0.2) is 34.9 Å². The maximum Gasteiger partial charge on any atom is 0.414 e. The molecule has 2 aliphatic rings. The van der Waals surface area contributed by atoms with Gasteiger partial charge in [-0.1, -0.05) is 47.6 Å². The number of hydrogen-bond acceptors (Lipinski definition) is 7. The highest BCUT2D eigenvalue weighted by Gasteiger charge is 2.53. The van der Waals surface area contributed by atoms with Crippen molar-refractivity contribution in [2.24, 2.45) is 5.41 Å². The molecule has 1 aliphatic heterocycles. The number of benzene rings is 2. The van der Waals surface area contributed by atoms with Crippen LogP contribution in [0.1, 0.15) is 62.8 Å². The summed E-state index contributed by atoms with van der Waals surface area (Å²) in [4.78, 5) is 26.5. The van der Waals surface area contributed by atoms with E-state index in [9.17, 15) is 20.0 Å². The number of piperidine rings is 1. The molecule has 0 radical (unpaired) electrons. The molecule has 1 aliphatic carbocycles. The molecule has 2 heterocycles. The highest BCUT2D eigenvalue weighted by atomic mass is 16.6. The first-order valence-corrected chi connectivity index (χ1v) is 12.9. The minimum Gasteiger partial charge on any atom is -0.481 e. The van der Waals surface area contributed by atoms with Gasteiger partial charge >= 0.3 is 12.1 Å². The van der Waals surface area contributed by atoms with E-state index in [0.717, 1.165) is 49.9 Å². The lowest BCUT2D eigenvalue weighted by atomic mass is 9.84. The minimum absolute atomic E-state index is 0.0359. The van der Waals surface area contributed by atoms with Gasteiger partial charge in [0.25, 0.3) is 0 Å². The van der Waals surface area contributed by atoms with Gasteiger partial charge in [0.15, 0.2) is 5.69 Å². The van der Waals surface area contributed by atoms with E-state index in [1.807, 2.05) is 60.7 Å². The summed E-state index contributed by atoms with van der Waals surface area (Å²) in [6.07, 6.45) is 4.03. The standard InChI is InChI=1S/C29H30N4O5/c1-19(20-7-3-2-4-8-20)37-28(36)31-27-26(23(18-30)32-38-27)21-10-12-22(13-11-21)33-16-6-5-9-24(33)29(14-15-29)17-25(34)35/h2-4,7-8,10-13,19,24H,5-6,9,14-17H2,1H3,(H,31,36)(H,34,35). The Labute approximate surface area is 221 Å². The van der Waals surface area contributed by atoms with Crippen LogP contribution in [-0.2, 0) is 9.53 Å². The fourth-order valence-electron chi connectivity index (χ4n) is 5.58. The third-order valence-corrected chi connectivity index (χ3v) is 7.66. The Bertz CT molecular complexity index is 1340. The van der Waals surface area contributed by atoms with Crippen LogP contribution in [0.2, 0.25) is 0 Å². The van der Waals surface area contributed by atoms with E-state index in [0.29, 0.717) is 11.1 Å². The number of ether oxygens (including phenoxy) is 1. The molecule has 0 bridgehead atoms. The van der Waals surface area contributed by atoms with Crippen molar-refractivity contribution in [2.45, 2.75) is 57.6 Å². The predicted octanol–water partition coefficient (Wildman–Crippen LogP) is 6.14. The zero-order valence-electron chi connectivity index (χ0n) is 21.2. The molecule has 2 fully saturated rings. The number of aliphatic carboxylic acids is 1. The number of nitriles is 1. The molecule has 0 spiro atoms. The van der Waals surface area contributed by atoms with Crippen LogP contribution in [0.25, 0.3) is 11.1 Å². The van der Waals surface area contributed by atoms with Crippen LogP contribution in [0.5, 0.6) is 0 Å². The second-order valence-electron chi connectivity index (χ2n) is 10.1. The molecular weight excluding hydrogens is 484 g/mol. The first kappa shape index (κ1) is 25.3. The number of carbonyl (C=O) groups is 2. The second kappa shape index (κ2) is 10.6. The number of nitrogens with zero attached hydrogens (tertiary/aromatic N) is 3. The highest BCUT2D eigenvalue weighted by Crippen LogP contribution is 2.56. The molecule has 2 aromatic carbocycles. The summed E-state index contributed by atoms with van der Waals surface area (Å²) in [5.74, 6) is -0.703. The van der Waals surface area contributed by atoms with Crippen LogP contribution in [0.3, 0.4) is 0 Å². The largest absolute Gasteiger partial charge is 0.481 e. The van der Waals surface area contributed by atoms with Crippen molar-refractivity contribution in [1.29, 1.82) is 5.26 Å². The molecule has 196 valence electrons. The fraction of sp³-hybridized carbons (Fsp3) is 0.379. The van der Waals surface area contributed by atoms with Gasteiger partial charge in [-0.05, 0) is 62.3 Å². The molecule has 1 saturated carbocycles. The first-order valence-electron chi connectivity index (χ1n) is 12.9. The fourth-order valence-corrected chi connectivity index (χ4v) is 5.58. The van der Waals surface area contributed by atoms with Gasteiger partial charge in [0.2, 0.25) is 5.88 Å². The smallest absolute Gasteiger partial charge is 0.414 e. The number of hydrogen-bond donors (Lipinski definition) is 2. The van der Waals surface area contributed by atoms with E-state index in [1.54, 1.807) is 6.92 Å². The number of rotatable bonds is 8. The summed E-state index contributed by atoms with van der Waals surface area (Å²) >= 11 is 0. The second-order valence-corrected chi connectivity index (χ2v) is 10.1. The quantitative estimate of drug-likeness (QED) is 0.367. The zero-order valence-corrected chi connectivity index (χ0v) is 21.2. The maximum absolute atomic E-state index is 12.6. The van der Waals surface area contributed by atoms with E-state index in [1.165, 1.54) is 0 Å². The number of amides is 1. The number of carboxylic acid groups (broad SMARTS) is 1. The highest BCUT2D eigenvalue weighted by molar-refractivity contribution is 5.90. The molecule has 2 atom stereocenters. The van der Waals surface area contributed by atoms with Gasteiger partial charge < -0.3 is 19.3 Å². The van der Waals surface area contributed by atoms with E-state index >= 15 is 0 Å². The lowest BCUT2D eigenvalue weighted by Gasteiger charge is -2.42. The number of aromatic nitrogens is 1. The Morgan fingerprint density at radius 1 is 1.21 bits per heavy atom. The monoisotopic (exact) mass is 514 g/mol. The van der Waals surface area contributed by atoms with Crippen molar-refractivity contribution < 1.29 is 24.0 Å². The summed E-state index contributed by atoms with van der Waals surface area (Å²) in [6.45, 7) is 2.64. The topological polar surface area (TPSA) is 129 Å². The summed E-state index contributed by atoms with van der Waals surface area (Å²) in [5, 5.41) is 25.5. The summed E-state index contributed by atoms with van der Waals surface area (Å²) < 4.78 is 10.8. The maximum atomic E-state index is 12.6. The van der Waals surface area contributed by atoms with Gasteiger partial charge in [-0.15, -0.1) is 0 Å². The minimum atomic E-state index is -0.739. The summed E-state index contributed by atoms with van der Waals surface area (Å²) in [6, 6.07) is 19.3. The average molecular weight is 515 g/mol. The molecule has 2 unspecified atom stereocenters. The van der Waals surface area contributed by atoms with Gasteiger partial charge in [0.1, 0.15) is 12.2 Å². The van der Waals surface area contributed by atoms with Crippen molar-refractivity contribution in [3.63, 3.8) is 0 Å². The van der Waals surface area contributed by atoms with Crippen LogP contribution >= 0.6 is 0 Å². The molecule has 1 saturated heterocycles. The van der Waals surface area contributed by atoms with Crippen LogP contribution in [0.4, 0.5) is 16.4 Å². The average Bonchev–Trinajstić information content (AvgIpc) is 3.59. The predicted molar refractivity (Wildman–Crippen MR) is 141 cm³/mol. The number of nitrogens with one attached hydrogen (secondary N) is 1. The number of carboxylic acids is 1. The van der Waals surface area contributed by atoms with Gasteiger partial charge in [0, 0.05) is 23.7 Å². The SMILES string of the molecule is CC(OC(=O)Nc1onc(C#N)c1-c1ccc(N2CCCCC2C2(CC(=O)O)CC2)cc1)c1ccccc1. The van der Waals surface area contributed by atoms with Crippen LogP contribution in [0, 0.1) is 16.7 Å². The molecule has 2 N–H and O–H groups in total. The number of carbonyl (C=O) groups excluding carboxylic acids is 1. The summed E-state index contributed by atoms with van der Waals surface area (Å²) in [5.41, 5.74) is 2.80. The third kappa shape index (κ3) is 5.21. The summed E-state index contributed by atoms with van der Waals surface area (Å²) in [7, 11) is 0. The third-order valence-electron chi connectivity index (χ3n) is 7.66. The van der Waals surface area contributed by atoms with Crippen LogP contribution in [0.15, 0.2) is 59.1 Å². The molecule has 9 heteroatoms. The van der Waals surface area contributed by atoms with Crippen molar-refractivity contribution in [2.75, 3.05) is 16.8 Å². The molecule has 3 aromatic rings. The molecule has 1 amide bonds. The first-order chi connectivity index (χ1) is 18.4. The molecule has 38 heavy (non-hydrogen) atoms. The van der Waals surface area contributed by atoms with Crippen molar-refractivity contribution in [3.05, 3.63) is 65.9 Å². The van der Waals surface area contributed by atoms with Crippen LogP contribution < -0.4 is 10.2 Å². The van der Waals surface area contributed by atoms with Crippen molar-refractivity contribution in [3.8, 4) is 17.2 Å². The number of anilines is 2. The zero-order chi connectivity index (χ0) is 26.7. The lowest BCUT2D eigenvalue weighted by molar-refractivity contribution is -0.138. The van der Waals surface area contributed by atoms with Crippen molar-refractivity contribution in [1.82, 2.24) is 5.16 Å². The van der Waals surface area contributed by atoms with Gasteiger partial charge in [-0.2, -0.15) is 5.26 Å². The molecule has 9 nitrogen and oxygen atoms in total.